The predicted octanol–water partition coefficient (Wildman–Crippen LogP) is 0.513. The van der Waals surface area contributed by atoms with Crippen LogP contribution in [0.5, 0.6) is 0 Å². The van der Waals surface area contributed by atoms with E-state index in [1.807, 2.05) is 31.2 Å². The Hall–Kier alpha value is -1.88. The van der Waals surface area contributed by atoms with Crippen molar-refractivity contribution in [1.82, 2.24) is 10.2 Å². The zero-order chi connectivity index (χ0) is 14.4. The molecule has 5 nitrogen and oxygen atoms in total. The van der Waals surface area contributed by atoms with E-state index in [2.05, 4.69) is 5.32 Å². The predicted molar refractivity (Wildman–Crippen MR) is 75.3 cm³/mol. The van der Waals surface area contributed by atoms with E-state index in [4.69, 9.17) is 4.74 Å². The average Bonchev–Trinajstić information content (AvgIpc) is 2.46. The molecule has 0 radical (unpaired) electrons. The molecule has 0 unspecified atom stereocenters. The minimum atomic E-state index is -0.128. The monoisotopic (exact) mass is 276 g/mol. The van der Waals surface area contributed by atoms with Crippen LogP contribution in [0.1, 0.15) is 11.1 Å². The van der Waals surface area contributed by atoms with Gasteiger partial charge in [-0.05, 0) is 12.5 Å². The van der Waals surface area contributed by atoms with Crippen LogP contribution in [-0.4, -0.2) is 49.6 Å². The highest BCUT2D eigenvalue weighted by molar-refractivity contribution is 5.85. The molecule has 1 aromatic rings. The first kappa shape index (κ1) is 14.5. The third-order valence-corrected chi connectivity index (χ3v) is 3.25. The molecule has 0 spiro atoms. The van der Waals surface area contributed by atoms with Gasteiger partial charge in [0.25, 0.3) is 0 Å². The van der Waals surface area contributed by atoms with Gasteiger partial charge in [-0.1, -0.05) is 29.8 Å². The Morgan fingerprint density at radius 1 is 1.30 bits per heavy atom. The zero-order valence-corrected chi connectivity index (χ0v) is 11.7. The molecule has 0 aromatic heterocycles. The van der Waals surface area contributed by atoms with Gasteiger partial charge in [0.15, 0.2) is 0 Å². The Morgan fingerprint density at radius 2 is 2.05 bits per heavy atom. The molecular formula is C15H20N2O3. The molecule has 0 bridgehead atoms. The molecule has 2 rings (SSSR count). The first-order valence-corrected chi connectivity index (χ1v) is 6.83. The van der Waals surface area contributed by atoms with E-state index < -0.39 is 0 Å². The van der Waals surface area contributed by atoms with Gasteiger partial charge in [-0.2, -0.15) is 0 Å². The van der Waals surface area contributed by atoms with Gasteiger partial charge in [-0.15, -0.1) is 0 Å². The van der Waals surface area contributed by atoms with Gasteiger partial charge in [-0.25, -0.2) is 0 Å². The van der Waals surface area contributed by atoms with Crippen LogP contribution < -0.4 is 5.32 Å². The van der Waals surface area contributed by atoms with E-state index >= 15 is 0 Å². The molecule has 1 aliphatic rings. The summed E-state index contributed by atoms with van der Waals surface area (Å²) in [5, 5.41) is 2.68. The second-order valence-corrected chi connectivity index (χ2v) is 4.94. The maximum atomic E-state index is 11.9. The van der Waals surface area contributed by atoms with Crippen molar-refractivity contribution < 1.29 is 14.3 Å². The number of carbonyl (C=O) groups is 2. The minimum Gasteiger partial charge on any atom is -0.378 e. The van der Waals surface area contributed by atoms with Crippen molar-refractivity contribution in [2.45, 2.75) is 13.3 Å². The van der Waals surface area contributed by atoms with E-state index in [-0.39, 0.29) is 18.4 Å². The Bertz CT molecular complexity index is 482. The highest BCUT2D eigenvalue weighted by Gasteiger charge is 2.17. The SMILES string of the molecule is Cc1cccc(CC(=O)NCC(=O)N2CCOCC2)c1. The Labute approximate surface area is 118 Å². The topological polar surface area (TPSA) is 58.6 Å². The van der Waals surface area contributed by atoms with Crippen molar-refractivity contribution in [1.29, 1.82) is 0 Å². The van der Waals surface area contributed by atoms with Crippen molar-refractivity contribution in [3.05, 3.63) is 35.4 Å². The molecule has 108 valence electrons. The molecule has 0 aliphatic carbocycles. The van der Waals surface area contributed by atoms with Crippen LogP contribution in [0, 0.1) is 6.92 Å². The van der Waals surface area contributed by atoms with Gasteiger partial charge in [0, 0.05) is 13.1 Å². The summed E-state index contributed by atoms with van der Waals surface area (Å²) >= 11 is 0. The lowest BCUT2D eigenvalue weighted by atomic mass is 10.1. The minimum absolute atomic E-state index is 0.0501. The van der Waals surface area contributed by atoms with Crippen LogP contribution in [0.15, 0.2) is 24.3 Å². The molecule has 1 fully saturated rings. The van der Waals surface area contributed by atoms with Crippen LogP contribution in [-0.2, 0) is 20.7 Å². The maximum Gasteiger partial charge on any atom is 0.242 e. The van der Waals surface area contributed by atoms with Crippen LogP contribution >= 0.6 is 0 Å². The highest BCUT2D eigenvalue weighted by atomic mass is 16.5. The van der Waals surface area contributed by atoms with Crippen molar-refractivity contribution in [2.75, 3.05) is 32.8 Å². The number of morpholine rings is 1. The zero-order valence-electron chi connectivity index (χ0n) is 11.7. The van der Waals surface area contributed by atoms with Crippen molar-refractivity contribution >= 4 is 11.8 Å². The van der Waals surface area contributed by atoms with E-state index in [0.717, 1.165) is 11.1 Å². The van der Waals surface area contributed by atoms with Gasteiger partial charge in [0.05, 0.1) is 26.2 Å². The lowest BCUT2D eigenvalue weighted by Crippen LogP contribution is -2.45. The second-order valence-electron chi connectivity index (χ2n) is 4.94. The van der Waals surface area contributed by atoms with Crippen LogP contribution in [0.4, 0.5) is 0 Å². The standard InChI is InChI=1S/C15H20N2O3/c1-12-3-2-4-13(9-12)10-14(18)16-11-15(19)17-5-7-20-8-6-17/h2-4,9H,5-8,10-11H2,1H3,(H,16,18). The normalized spacial score (nSPS) is 14.9. The summed E-state index contributed by atoms with van der Waals surface area (Å²) in [7, 11) is 0. The molecule has 1 aliphatic heterocycles. The number of hydrogen-bond acceptors (Lipinski definition) is 3. The Morgan fingerprint density at radius 3 is 2.75 bits per heavy atom. The van der Waals surface area contributed by atoms with Crippen LogP contribution in [0.25, 0.3) is 0 Å². The summed E-state index contributed by atoms with van der Waals surface area (Å²) in [5.74, 6) is -0.178. The first-order chi connectivity index (χ1) is 9.65. The van der Waals surface area contributed by atoms with Gasteiger partial charge in [0.2, 0.25) is 11.8 Å². The molecule has 20 heavy (non-hydrogen) atoms. The fourth-order valence-corrected chi connectivity index (χ4v) is 2.17. The van der Waals surface area contributed by atoms with Gasteiger partial charge in [0.1, 0.15) is 0 Å². The first-order valence-electron chi connectivity index (χ1n) is 6.83. The summed E-state index contributed by atoms with van der Waals surface area (Å²) < 4.78 is 5.18. The fourth-order valence-electron chi connectivity index (χ4n) is 2.17. The molecule has 1 saturated heterocycles. The largest absolute Gasteiger partial charge is 0.378 e. The van der Waals surface area contributed by atoms with E-state index in [9.17, 15) is 9.59 Å². The number of carbonyl (C=O) groups excluding carboxylic acids is 2. The molecule has 2 amide bonds. The Kier molecular flexibility index (Phi) is 5.12. The number of nitrogens with zero attached hydrogens (tertiary/aromatic N) is 1. The number of benzene rings is 1. The van der Waals surface area contributed by atoms with Gasteiger partial charge < -0.3 is 15.0 Å². The number of aryl methyl sites for hydroxylation is 1. The molecular weight excluding hydrogens is 256 g/mol. The molecule has 1 heterocycles. The van der Waals surface area contributed by atoms with Gasteiger partial charge >= 0.3 is 0 Å². The summed E-state index contributed by atoms with van der Waals surface area (Å²) in [6.07, 6.45) is 0.304. The van der Waals surface area contributed by atoms with Crippen molar-refractivity contribution in [3.63, 3.8) is 0 Å². The number of rotatable bonds is 4. The number of ether oxygens (including phenoxy) is 1. The maximum absolute atomic E-state index is 11.9. The summed E-state index contributed by atoms with van der Waals surface area (Å²) in [6.45, 7) is 4.40. The third-order valence-electron chi connectivity index (χ3n) is 3.25. The number of nitrogens with one attached hydrogen (secondary N) is 1. The number of hydrogen-bond donors (Lipinski definition) is 1. The van der Waals surface area contributed by atoms with E-state index in [1.54, 1.807) is 4.90 Å². The van der Waals surface area contributed by atoms with Gasteiger partial charge in [-0.3, -0.25) is 9.59 Å². The molecule has 5 heteroatoms. The van der Waals surface area contributed by atoms with E-state index in [1.165, 1.54) is 0 Å². The van der Waals surface area contributed by atoms with E-state index in [0.29, 0.717) is 32.7 Å². The second kappa shape index (κ2) is 7.05. The quantitative estimate of drug-likeness (QED) is 0.872. The lowest BCUT2D eigenvalue weighted by Gasteiger charge is -2.26. The van der Waals surface area contributed by atoms with Crippen LogP contribution in [0.2, 0.25) is 0 Å². The number of amides is 2. The molecule has 0 saturated carbocycles. The molecule has 1 aromatic carbocycles. The summed E-state index contributed by atoms with van der Waals surface area (Å²) in [5.41, 5.74) is 2.08. The molecule has 0 atom stereocenters. The lowest BCUT2D eigenvalue weighted by molar-refractivity contribution is -0.136. The Balaban J connectivity index is 1.75. The average molecular weight is 276 g/mol. The third kappa shape index (κ3) is 4.35. The molecule has 1 N–H and O–H groups in total. The van der Waals surface area contributed by atoms with Crippen LogP contribution in [0.3, 0.4) is 0 Å². The summed E-state index contributed by atoms with van der Waals surface area (Å²) in [4.78, 5) is 25.4. The van der Waals surface area contributed by atoms with Crippen molar-refractivity contribution in [2.24, 2.45) is 0 Å². The fraction of sp³-hybridized carbons (Fsp3) is 0.467. The summed E-state index contributed by atoms with van der Waals surface area (Å²) in [6, 6.07) is 7.81. The van der Waals surface area contributed by atoms with Crippen molar-refractivity contribution in [3.8, 4) is 0 Å². The smallest absolute Gasteiger partial charge is 0.242 e. The highest BCUT2D eigenvalue weighted by Crippen LogP contribution is 2.04.